The lowest BCUT2D eigenvalue weighted by Crippen LogP contribution is -2.56. The fraction of sp³-hybridized carbons (Fsp3) is 0.550. The maximum atomic E-state index is 12.8. The first-order valence-electron chi connectivity index (χ1n) is 9.53. The first kappa shape index (κ1) is 23.7. The van der Waals surface area contributed by atoms with E-state index in [9.17, 15) is 19.5 Å². The van der Waals surface area contributed by atoms with Gasteiger partial charge in [-0.15, -0.1) is 0 Å². The smallest absolute Gasteiger partial charge is 0.245 e. The van der Waals surface area contributed by atoms with Gasteiger partial charge in [-0.2, -0.15) is 0 Å². The third-order valence-electron chi connectivity index (χ3n) is 4.54. The van der Waals surface area contributed by atoms with Crippen molar-refractivity contribution in [3.63, 3.8) is 0 Å². The lowest BCUT2D eigenvalue weighted by molar-refractivity contribution is -0.135. The van der Waals surface area contributed by atoms with Crippen LogP contribution >= 0.6 is 0 Å². The molecule has 0 saturated carbocycles. The summed E-state index contributed by atoms with van der Waals surface area (Å²) in [6.45, 7) is 3.31. The van der Waals surface area contributed by atoms with E-state index in [0.717, 1.165) is 5.56 Å². The van der Waals surface area contributed by atoms with Crippen LogP contribution in [0.3, 0.4) is 0 Å². The van der Waals surface area contributed by atoms with E-state index >= 15 is 0 Å². The molecule has 7 N–H and O–H groups in total. The van der Waals surface area contributed by atoms with E-state index in [-0.39, 0.29) is 24.7 Å². The minimum atomic E-state index is -1.18. The number of carbonyl (C=O) groups is 3. The van der Waals surface area contributed by atoms with Crippen molar-refractivity contribution >= 4 is 17.6 Å². The van der Waals surface area contributed by atoms with Gasteiger partial charge in [-0.3, -0.25) is 14.4 Å². The first-order valence-corrected chi connectivity index (χ1v) is 9.53. The van der Waals surface area contributed by atoms with Gasteiger partial charge in [-0.1, -0.05) is 30.3 Å². The Kier molecular flexibility index (Phi) is 10.4. The molecule has 0 aliphatic carbocycles. The number of carbonyl (C=O) groups excluding carboxylic acids is 3. The van der Waals surface area contributed by atoms with Gasteiger partial charge in [0.2, 0.25) is 11.8 Å². The Hall–Kier alpha value is -2.29. The second kappa shape index (κ2) is 12.2. The summed E-state index contributed by atoms with van der Waals surface area (Å²) in [6.07, 6.45) is 0.0646. The highest BCUT2D eigenvalue weighted by Crippen LogP contribution is 2.13. The Morgan fingerprint density at radius 1 is 1.00 bits per heavy atom. The van der Waals surface area contributed by atoms with Crippen molar-refractivity contribution < 1.29 is 19.5 Å². The highest BCUT2D eigenvalue weighted by atomic mass is 16.3. The van der Waals surface area contributed by atoms with Crippen molar-refractivity contribution in [3.8, 4) is 0 Å². The van der Waals surface area contributed by atoms with Crippen LogP contribution in [0.25, 0.3) is 0 Å². The van der Waals surface area contributed by atoms with Gasteiger partial charge in [-0.25, -0.2) is 0 Å². The summed E-state index contributed by atoms with van der Waals surface area (Å²) in [5, 5.41) is 15.2. The van der Waals surface area contributed by atoms with Crippen molar-refractivity contribution in [2.75, 3.05) is 13.1 Å². The van der Waals surface area contributed by atoms with Gasteiger partial charge in [0, 0.05) is 5.92 Å². The summed E-state index contributed by atoms with van der Waals surface area (Å²) >= 11 is 0. The first-order chi connectivity index (χ1) is 13.3. The Bertz CT molecular complexity index is 636. The maximum Gasteiger partial charge on any atom is 0.245 e. The molecule has 1 unspecified atom stereocenters. The molecule has 0 radical (unpaired) electrons. The average Bonchev–Trinajstić information content (AvgIpc) is 2.65. The molecule has 2 amide bonds. The quantitative estimate of drug-likeness (QED) is 0.323. The van der Waals surface area contributed by atoms with Crippen LogP contribution in [0, 0.1) is 5.92 Å². The molecule has 0 heterocycles. The molecule has 0 fully saturated rings. The van der Waals surface area contributed by atoms with Gasteiger partial charge in [0.1, 0.15) is 6.04 Å². The Labute approximate surface area is 166 Å². The van der Waals surface area contributed by atoms with E-state index in [1.807, 2.05) is 30.3 Å². The zero-order valence-electron chi connectivity index (χ0n) is 16.6. The second-order valence-corrected chi connectivity index (χ2v) is 6.94. The van der Waals surface area contributed by atoms with E-state index in [0.29, 0.717) is 19.4 Å². The number of benzene rings is 1. The number of Topliss-reactive ketones (excluding diaryl/α,β-unsaturated/α-hetero) is 1. The number of rotatable bonds is 12. The second-order valence-electron chi connectivity index (χ2n) is 6.94. The molecule has 28 heavy (non-hydrogen) atoms. The molecule has 0 bridgehead atoms. The van der Waals surface area contributed by atoms with Gasteiger partial charge in [0.25, 0.3) is 0 Å². The summed E-state index contributed by atoms with van der Waals surface area (Å²) in [7, 11) is 0. The number of ketones is 1. The highest BCUT2D eigenvalue weighted by molar-refractivity contribution is 5.92. The van der Waals surface area contributed by atoms with Crippen LogP contribution in [0.15, 0.2) is 30.3 Å². The van der Waals surface area contributed by atoms with Crippen LogP contribution in [-0.4, -0.2) is 54.0 Å². The molecule has 1 rings (SSSR count). The molecule has 0 saturated heterocycles. The molecule has 0 aliphatic rings. The summed E-state index contributed by atoms with van der Waals surface area (Å²) in [5.41, 5.74) is 12.1. The summed E-state index contributed by atoms with van der Waals surface area (Å²) in [4.78, 5) is 36.9. The van der Waals surface area contributed by atoms with Crippen LogP contribution in [0.1, 0.15) is 32.3 Å². The number of amides is 2. The number of hydrogen-bond donors (Lipinski definition) is 5. The predicted molar refractivity (Wildman–Crippen MR) is 107 cm³/mol. The minimum absolute atomic E-state index is 0.228. The fourth-order valence-corrected chi connectivity index (χ4v) is 2.91. The number of hydrogen-bond acceptors (Lipinski definition) is 6. The van der Waals surface area contributed by atoms with E-state index in [2.05, 4.69) is 10.6 Å². The van der Waals surface area contributed by atoms with Crippen LogP contribution in [0.5, 0.6) is 0 Å². The van der Waals surface area contributed by atoms with Crippen LogP contribution < -0.4 is 22.1 Å². The van der Waals surface area contributed by atoms with Gasteiger partial charge >= 0.3 is 0 Å². The van der Waals surface area contributed by atoms with Gasteiger partial charge in [-0.05, 0) is 51.8 Å². The lowest BCUT2D eigenvalue weighted by atomic mass is 9.94. The van der Waals surface area contributed by atoms with Crippen LogP contribution in [-0.2, 0) is 20.8 Å². The van der Waals surface area contributed by atoms with Gasteiger partial charge in [0.15, 0.2) is 5.78 Å². The van der Waals surface area contributed by atoms with E-state index < -0.39 is 30.0 Å². The SMILES string of the molecule is CC(=O)[C@H](CCN)NC(=O)[C@@H](NC(=O)C(CCN)Cc1ccccc1)[C@H](C)O. The molecule has 4 atom stereocenters. The molecule has 156 valence electrons. The number of aliphatic hydroxyl groups is 1. The van der Waals surface area contributed by atoms with Crippen LogP contribution in [0.4, 0.5) is 0 Å². The van der Waals surface area contributed by atoms with Crippen molar-refractivity contribution in [1.29, 1.82) is 0 Å². The predicted octanol–water partition coefficient (Wildman–Crippen LogP) is -0.518. The maximum absolute atomic E-state index is 12.8. The van der Waals surface area contributed by atoms with Crippen molar-refractivity contribution in [2.45, 2.75) is 51.3 Å². The molecule has 0 aromatic heterocycles. The fourth-order valence-electron chi connectivity index (χ4n) is 2.91. The number of nitrogens with two attached hydrogens (primary N) is 2. The number of aliphatic hydroxyl groups excluding tert-OH is 1. The van der Waals surface area contributed by atoms with Crippen LogP contribution in [0.2, 0.25) is 0 Å². The molecule has 0 aliphatic heterocycles. The topological polar surface area (TPSA) is 148 Å². The number of nitrogens with one attached hydrogen (secondary N) is 2. The Morgan fingerprint density at radius 2 is 1.61 bits per heavy atom. The molecule has 1 aromatic carbocycles. The molecule has 8 nitrogen and oxygen atoms in total. The molecule has 0 spiro atoms. The Morgan fingerprint density at radius 3 is 2.11 bits per heavy atom. The summed E-state index contributed by atoms with van der Waals surface area (Å²) < 4.78 is 0. The molecular weight excluding hydrogens is 360 g/mol. The van der Waals surface area contributed by atoms with Crippen molar-refractivity contribution in [2.24, 2.45) is 17.4 Å². The average molecular weight is 393 g/mol. The van der Waals surface area contributed by atoms with E-state index in [1.165, 1.54) is 13.8 Å². The minimum Gasteiger partial charge on any atom is -0.391 e. The van der Waals surface area contributed by atoms with E-state index in [4.69, 9.17) is 11.5 Å². The van der Waals surface area contributed by atoms with E-state index in [1.54, 1.807) is 0 Å². The van der Waals surface area contributed by atoms with Crippen molar-refractivity contribution in [3.05, 3.63) is 35.9 Å². The third kappa shape index (κ3) is 7.75. The summed E-state index contributed by atoms with van der Waals surface area (Å²) in [6, 6.07) is 7.57. The highest BCUT2D eigenvalue weighted by Gasteiger charge is 2.30. The molecule has 1 aromatic rings. The van der Waals surface area contributed by atoms with Gasteiger partial charge < -0.3 is 27.2 Å². The van der Waals surface area contributed by atoms with Crippen molar-refractivity contribution in [1.82, 2.24) is 10.6 Å². The normalized spacial score (nSPS) is 15.2. The zero-order valence-corrected chi connectivity index (χ0v) is 16.6. The third-order valence-corrected chi connectivity index (χ3v) is 4.54. The zero-order chi connectivity index (χ0) is 21.1. The Balaban J connectivity index is 2.85. The largest absolute Gasteiger partial charge is 0.391 e. The van der Waals surface area contributed by atoms with Gasteiger partial charge in [0.05, 0.1) is 12.1 Å². The monoisotopic (exact) mass is 392 g/mol. The molecular formula is C20H32N4O4. The molecule has 8 heteroatoms. The standard InChI is InChI=1S/C20H32N4O4/c1-13(25)17(9-11-22)23-20(28)18(14(2)26)24-19(27)16(8-10-21)12-15-6-4-3-5-7-15/h3-7,14,16-18,26H,8-12,21-22H2,1-2H3,(H,23,28)(H,24,27)/t14-,16?,17-,18-/m0/s1. The lowest BCUT2D eigenvalue weighted by Gasteiger charge is -2.26. The summed E-state index contributed by atoms with van der Waals surface area (Å²) in [5.74, 6) is -1.66.